The highest BCUT2D eigenvalue weighted by molar-refractivity contribution is 5.14. The van der Waals surface area contributed by atoms with Gasteiger partial charge in [-0.05, 0) is 24.7 Å². The highest BCUT2D eigenvalue weighted by Gasteiger charge is 2.27. The van der Waals surface area contributed by atoms with E-state index in [2.05, 4.69) is 31.7 Å². The Morgan fingerprint density at radius 3 is 2.56 bits per heavy atom. The summed E-state index contributed by atoms with van der Waals surface area (Å²) in [5.74, 6) is 0. The molecule has 0 aromatic heterocycles. The molecule has 2 N–H and O–H groups in total. The Hall–Kier alpha value is -0.380. The number of nitrogens with zero attached hydrogens (tertiary/aromatic N) is 1. The van der Waals surface area contributed by atoms with Gasteiger partial charge in [0.25, 0.3) is 0 Å². The summed E-state index contributed by atoms with van der Waals surface area (Å²) in [5.41, 5.74) is 7.58. The third-order valence-corrected chi connectivity index (χ3v) is 4.18. The lowest BCUT2D eigenvalue weighted by atomic mass is 9.83. The van der Waals surface area contributed by atoms with Crippen LogP contribution in [0.25, 0.3) is 0 Å². The molecular weight excluding hydrogens is 224 g/mol. The number of hydrogen-bond acceptors (Lipinski definition) is 3. The molecule has 3 heteroatoms. The van der Waals surface area contributed by atoms with E-state index in [9.17, 15) is 0 Å². The minimum Gasteiger partial charge on any atom is -0.372 e. The molecule has 18 heavy (non-hydrogen) atoms. The first-order valence-corrected chi connectivity index (χ1v) is 7.26. The van der Waals surface area contributed by atoms with Crippen LogP contribution < -0.4 is 5.73 Å². The lowest BCUT2D eigenvalue weighted by Gasteiger charge is -2.33. The van der Waals surface area contributed by atoms with E-state index in [1.165, 1.54) is 19.4 Å². The van der Waals surface area contributed by atoms with Crippen molar-refractivity contribution in [3.63, 3.8) is 0 Å². The minimum absolute atomic E-state index is 0.306. The van der Waals surface area contributed by atoms with Crippen LogP contribution in [0.1, 0.15) is 40.0 Å². The molecule has 0 aliphatic carbocycles. The van der Waals surface area contributed by atoms with Crippen LogP contribution in [0.2, 0.25) is 0 Å². The van der Waals surface area contributed by atoms with Gasteiger partial charge in [0.15, 0.2) is 0 Å². The highest BCUT2D eigenvalue weighted by Crippen LogP contribution is 2.30. The first-order chi connectivity index (χ1) is 8.49. The molecule has 1 saturated heterocycles. The number of nitrogens with two attached hydrogens (primary N) is 1. The van der Waals surface area contributed by atoms with Crippen molar-refractivity contribution in [1.29, 1.82) is 0 Å². The number of hydrogen-bond donors (Lipinski definition) is 1. The second-order valence-electron chi connectivity index (χ2n) is 6.68. The average molecular weight is 252 g/mol. The Labute approximate surface area is 111 Å². The Kier molecular flexibility index (Phi) is 4.46. The van der Waals surface area contributed by atoms with Crippen LogP contribution in [-0.4, -0.2) is 43.3 Å². The van der Waals surface area contributed by atoms with Crippen molar-refractivity contribution in [2.45, 2.75) is 52.2 Å². The summed E-state index contributed by atoms with van der Waals surface area (Å²) in [4.78, 5) is 2.51. The van der Waals surface area contributed by atoms with E-state index in [1.54, 1.807) is 5.57 Å². The molecule has 2 heterocycles. The summed E-state index contributed by atoms with van der Waals surface area (Å²) in [6.45, 7) is 10.9. The fourth-order valence-corrected chi connectivity index (χ4v) is 2.93. The van der Waals surface area contributed by atoms with Gasteiger partial charge in [0.1, 0.15) is 0 Å². The normalized spacial score (nSPS) is 30.6. The van der Waals surface area contributed by atoms with E-state index in [-0.39, 0.29) is 0 Å². The first kappa shape index (κ1) is 14.0. The molecule has 2 atom stereocenters. The smallest absolute Gasteiger partial charge is 0.0707 e. The Balaban J connectivity index is 1.79. The van der Waals surface area contributed by atoms with Gasteiger partial charge in [0, 0.05) is 26.2 Å². The third-order valence-electron chi connectivity index (χ3n) is 4.18. The van der Waals surface area contributed by atoms with Crippen molar-refractivity contribution in [3.8, 4) is 0 Å². The van der Waals surface area contributed by atoms with Crippen LogP contribution in [0.15, 0.2) is 11.6 Å². The van der Waals surface area contributed by atoms with Gasteiger partial charge in [-0.2, -0.15) is 0 Å². The fraction of sp³-hybridized carbons (Fsp3) is 0.867. The zero-order chi connectivity index (χ0) is 13.2. The fourth-order valence-electron chi connectivity index (χ4n) is 2.93. The van der Waals surface area contributed by atoms with Crippen molar-refractivity contribution in [1.82, 2.24) is 4.90 Å². The first-order valence-electron chi connectivity index (χ1n) is 7.26. The van der Waals surface area contributed by atoms with E-state index in [1.807, 2.05) is 0 Å². The predicted molar refractivity (Wildman–Crippen MR) is 75.5 cm³/mol. The van der Waals surface area contributed by atoms with E-state index >= 15 is 0 Å². The van der Waals surface area contributed by atoms with Crippen LogP contribution in [0, 0.1) is 5.41 Å². The zero-order valence-corrected chi connectivity index (χ0v) is 12.1. The maximum Gasteiger partial charge on any atom is 0.0707 e. The van der Waals surface area contributed by atoms with Crippen LogP contribution in [0.5, 0.6) is 0 Å². The average Bonchev–Trinajstić information content (AvgIpc) is 2.76. The van der Waals surface area contributed by atoms with Crippen LogP contribution in [-0.2, 0) is 4.74 Å². The zero-order valence-electron chi connectivity index (χ0n) is 12.1. The van der Waals surface area contributed by atoms with Crippen molar-refractivity contribution in [3.05, 3.63) is 11.6 Å². The topological polar surface area (TPSA) is 38.5 Å². The molecule has 2 rings (SSSR count). The molecule has 0 amide bonds. The van der Waals surface area contributed by atoms with Crippen molar-refractivity contribution >= 4 is 0 Å². The summed E-state index contributed by atoms with van der Waals surface area (Å²) in [7, 11) is 0. The van der Waals surface area contributed by atoms with E-state index in [0.29, 0.717) is 24.2 Å². The second kappa shape index (κ2) is 5.72. The molecule has 0 spiro atoms. The van der Waals surface area contributed by atoms with Gasteiger partial charge in [0.2, 0.25) is 0 Å². The molecule has 104 valence electrons. The van der Waals surface area contributed by atoms with Gasteiger partial charge < -0.3 is 10.5 Å². The summed E-state index contributed by atoms with van der Waals surface area (Å²) in [6.07, 6.45) is 6.64. The van der Waals surface area contributed by atoms with Gasteiger partial charge >= 0.3 is 0 Å². The largest absolute Gasteiger partial charge is 0.372 e. The van der Waals surface area contributed by atoms with E-state index < -0.39 is 0 Å². The Morgan fingerprint density at radius 2 is 2.06 bits per heavy atom. The predicted octanol–water partition coefficient (Wildman–Crippen LogP) is 2.17. The maximum absolute atomic E-state index is 5.92. The molecule has 2 aliphatic heterocycles. The minimum atomic E-state index is 0.306. The quantitative estimate of drug-likeness (QED) is 0.782. The lowest BCUT2D eigenvalue weighted by Crippen LogP contribution is -2.37. The lowest BCUT2D eigenvalue weighted by molar-refractivity contribution is 0.0283. The maximum atomic E-state index is 5.92. The van der Waals surface area contributed by atoms with Crippen LogP contribution >= 0.6 is 0 Å². The highest BCUT2D eigenvalue weighted by atomic mass is 16.5. The number of rotatable bonds is 3. The summed E-state index contributed by atoms with van der Waals surface area (Å²) < 4.78 is 5.92. The van der Waals surface area contributed by atoms with Gasteiger partial charge in [-0.1, -0.05) is 32.4 Å². The molecule has 2 aliphatic rings. The standard InChI is InChI=1S/C15H28N2O/c1-15(2,3)12-6-8-17(9-7-12)11-14-5-4-13(10-16)18-14/h6,13-14H,4-5,7-11,16H2,1-3H3. The van der Waals surface area contributed by atoms with E-state index in [4.69, 9.17) is 10.5 Å². The van der Waals surface area contributed by atoms with Gasteiger partial charge in [-0.25, -0.2) is 0 Å². The van der Waals surface area contributed by atoms with Gasteiger partial charge in [0.05, 0.1) is 12.2 Å². The SMILES string of the molecule is CC(C)(C)C1=CCN(CC2CCC(CN)O2)CC1. The molecule has 0 aromatic rings. The molecule has 0 saturated carbocycles. The van der Waals surface area contributed by atoms with Gasteiger partial charge in [-0.3, -0.25) is 4.90 Å². The molecular formula is C15H28N2O. The van der Waals surface area contributed by atoms with Crippen molar-refractivity contribution < 1.29 is 4.74 Å². The summed E-state index contributed by atoms with van der Waals surface area (Å²) in [5, 5.41) is 0. The summed E-state index contributed by atoms with van der Waals surface area (Å²) in [6, 6.07) is 0. The molecule has 3 nitrogen and oxygen atoms in total. The number of ether oxygens (including phenoxy) is 1. The molecule has 1 fully saturated rings. The third kappa shape index (κ3) is 3.56. The second-order valence-corrected chi connectivity index (χ2v) is 6.68. The van der Waals surface area contributed by atoms with Crippen molar-refractivity contribution in [2.75, 3.05) is 26.2 Å². The molecule has 0 bridgehead atoms. The molecule has 2 unspecified atom stereocenters. The van der Waals surface area contributed by atoms with Crippen LogP contribution in [0.4, 0.5) is 0 Å². The Bertz CT molecular complexity index is 306. The molecule has 0 aromatic carbocycles. The van der Waals surface area contributed by atoms with E-state index in [0.717, 1.165) is 19.5 Å². The van der Waals surface area contributed by atoms with Crippen molar-refractivity contribution in [2.24, 2.45) is 11.1 Å². The van der Waals surface area contributed by atoms with Crippen LogP contribution in [0.3, 0.4) is 0 Å². The monoisotopic (exact) mass is 252 g/mol. The van der Waals surface area contributed by atoms with Gasteiger partial charge in [-0.15, -0.1) is 0 Å². The summed E-state index contributed by atoms with van der Waals surface area (Å²) >= 11 is 0. The molecule has 0 radical (unpaired) electrons. The Morgan fingerprint density at radius 1 is 1.33 bits per heavy atom.